The van der Waals surface area contributed by atoms with Crippen molar-refractivity contribution in [1.29, 1.82) is 0 Å². The molecule has 7 heteroatoms. The molecule has 3 aromatic heterocycles. The number of H-pyrrole nitrogens is 2. The fraction of sp³-hybridized carbons (Fsp3) is 0.353. The van der Waals surface area contributed by atoms with Crippen LogP contribution in [0.25, 0.3) is 22.3 Å². The number of ether oxygens (including phenoxy) is 2. The first-order valence-corrected chi connectivity index (χ1v) is 7.93. The molecular formula is C17H18N4O3. The van der Waals surface area contributed by atoms with Crippen LogP contribution in [0.4, 0.5) is 0 Å². The summed E-state index contributed by atoms with van der Waals surface area (Å²) >= 11 is 0. The van der Waals surface area contributed by atoms with Crippen LogP contribution in [0, 0.1) is 6.92 Å². The summed E-state index contributed by atoms with van der Waals surface area (Å²) < 4.78 is 11.2. The first-order valence-electron chi connectivity index (χ1n) is 7.93. The Morgan fingerprint density at radius 1 is 1.38 bits per heavy atom. The molecule has 7 nitrogen and oxygen atoms in total. The Bertz CT molecular complexity index is 925. The summed E-state index contributed by atoms with van der Waals surface area (Å²) in [5, 5.41) is 0.621. The topological polar surface area (TPSA) is 92.9 Å². The average Bonchev–Trinajstić information content (AvgIpc) is 3.05. The van der Waals surface area contributed by atoms with Crippen LogP contribution in [0.2, 0.25) is 0 Å². The lowest BCUT2D eigenvalue weighted by Gasteiger charge is -2.23. The molecule has 0 aromatic carbocycles. The van der Waals surface area contributed by atoms with Crippen molar-refractivity contribution in [2.45, 2.75) is 19.4 Å². The van der Waals surface area contributed by atoms with E-state index in [9.17, 15) is 4.79 Å². The highest BCUT2D eigenvalue weighted by atomic mass is 16.6. The van der Waals surface area contributed by atoms with Gasteiger partial charge in [-0.3, -0.25) is 4.79 Å². The molecule has 3 aromatic rings. The number of nitrogens with zero attached hydrogens (tertiary/aromatic N) is 2. The molecule has 1 fully saturated rings. The monoisotopic (exact) mass is 326 g/mol. The molecule has 1 saturated heterocycles. The molecule has 0 spiro atoms. The van der Waals surface area contributed by atoms with E-state index in [1.54, 1.807) is 12.4 Å². The minimum absolute atomic E-state index is 0.000830. The standard InChI is InChI=1S/C17H18N4O3/c1-10-18-3-2-14(20-10)15-7-13-16(21-15)11(8-19-17(13)22)6-12-9-23-4-5-24-12/h2-3,7-8,12,21H,4-6,9H2,1H3,(H,19,22)/t12-/m1/s1. The molecule has 0 unspecified atom stereocenters. The Labute approximate surface area is 138 Å². The molecule has 0 aliphatic carbocycles. The van der Waals surface area contributed by atoms with E-state index < -0.39 is 0 Å². The molecule has 0 radical (unpaired) electrons. The van der Waals surface area contributed by atoms with E-state index in [0.717, 1.165) is 22.5 Å². The third-order valence-corrected chi connectivity index (χ3v) is 4.15. The Morgan fingerprint density at radius 3 is 3.08 bits per heavy atom. The second kappa shape index (κ2) is 6.18. The quantitative estimate of drug-likeness (QED) is 0.762. The van der Waals surface area contributed by atoms with Gasteiger partial charge in [0.05, 0.1) is 48.2 Å². The molecule has 0 saturated carbocycles. The third-order valence-electron chi connectivity index (χ3n) is 4.15. The molecule has 4 heterocycles. The number of hydrogen-bond acceptors (Lipinski definition) is 5. The van der Waals surface area contributed by atoms with Crippen molar-refractivity contribution in [2.75, 3.05) is 19.8 Å². The van der Waals surface area contributed by atoms with Gasteiger partial charge in [-0.05, 0) is 24.6 Å². The molecule has 0 amide bonds. The van der Waals surface area contributed by atoms with E-state index in [0.29, 0.717) is 37.5 Å². The number of nitrogens with one attached hydrogen (secondary N) is 2. The van der Waals surface area contributed by atoms with Gasteiger partial charge in [-0.1, -0.05) is 0 Å². The summed E-state index contributed by atoms with van der Waals surface area (Å²) in [7, 11) is 0. The van der Waals surface area contributed by atoms with Crippen molar-refractivity contribution in [3.8, 4) is 11.4 Å². The smallest absolute Gasteiger partial charge is 0.257 e. The second-order valence-corrected chi connectivity index (χ2v) is 5.88. The number of pyridine rings is 1. The molecule has 124 valence electrons. The fourth-order valence-electron chi connectivity index (χ4n) is 2.99. The van der Waals surface area contributed by atoms with Gasteiger partial charge in [0.2, 0.25) is 0 Å². The summed E-state index contributed by atoms with van der Waals surface area (Å²) in [6, 6.07) is 3.65. The van der Waals surface area contributed by atoms with E-state index >= 15 is 0 Å². The zero-order chi connectivity index (χ0) is 16.5. The fourth-order valence-corrected chi connectivity index (χ4v) is 2.99. The number of aromatic nitrogens is 4. The number of hydrogen-bond donors (Lipinski definition) is 2. The van der Waals surface area contributed by atoms with Gasteiger partial charge in [0.15, 0.2) is 0 Å². The number of aryl methyl sites for hydroxylation is 1. The first-order chi connectivity index (χ1) is 11.7. The lowest BCUT2D eigenvalue weighted by molar-refractivity contribution is -0.0871. The van der Waals surface area contributed by atoms with Gasteiger partial charge in [0, 0.05) is 18.8 Å². The van der Waals surface area contributed by atoms with Gasteiger partial charge < -0.3 is 19.4 Å². The summed E-state index contributed by atoms with van der Waals surface area (Å²) in [6.45, 7) is 3.65. The summed E-state index contributed by atoms with van der Waals surface area (Å²) in [4.78, 5) is 26.8. The molecule has 1 aliphatic rings. The normalized spacial score (nSPS) is 18.1. The summed E-state index contributed by atoms with van der Waals surface area (Å²) in [6.07, 6.45) is 4.13. The maximum Gasteiger partial charge on any atom is 0.257 e. The Hall–Kier alpha value is -2.51. The van der Waals surface area contributed by atoms with Gasteiger partial charge in [-0.25, -0.2) is 9.97 Å². The van der Waals surface area contributed by atoms with Gasteiger partial charge in [-0.2, -0.15) is 0 Å². The molecule has 24 heavy (non-hydrogen) atoms. The molecule has 1 atom stereocenters. The lowest BCUT2D eigenvalue weighted by Crippen LogP contribution is -2.30. The Kier molecular flexibility index (Phi) is 3.87. The predicted octanol–water partition coefficient (Wildman–Crippen LogP) is 1.58. The second-order valence-electron chi connectivity index (χ2n) is 5.88. The van der Waals surface area contributed by atoms with Crippen LogP contribution < -0.4 is 5.56 Å². The molecule has 0 bridgehead atoms. The van der Waals surface area contributed by atoms with Crippen LogP contribution in [-0.2, 0) is 15.9 Å². The van der Waals surface area contributed by atoms with Gasteiger partial charge in [0.1, 0.15) is 5.82 Å². The maximum atomic E-state index is 12.2. The predicted molar refractivity (Wildman–Crippen MR) is 88.9 cm³/mol. The summed E-state index contributed by atoms with van der Waals surface area (Å²) in [5.74, 6) is 0.688. The average molecular weight is 326 g/mol. The zero-order valence-electron chi connectivity index (χ0n) is 13.3. The lowest BCUT2D eigenvalue weighted by atomic mass is 10.1. The Balaban J connectivity index is 1.75. The largest absolute Gasteiger partial charge is 0.376 e. The molecular weight excluding hydrogens is 308 g/mol. The highest BCUT2D eigenvalue weighted by molar-refractivity contribution is 5.86. The van der Waals surface area contributed by atoms with Gasteiger partial charge >= 0.3 is 0 Å². The number of rotatable bonds is 3. The van der Waals surface area contributed by atoms with Crippen LogP contribution in [0.15, 0.2) is 29.3 Å². The highest BCUT2D eigenvalue weighted by Crippen LogP contribution is 2.24. The van der Waals surface area contributed by atoms with Gasteiger partial charge in [-0.15, -0.1) is 0 Å². The van der Waals surface area contributed by atoms with Crippen molar-refractivity contribution in [3.05, 3.63) is 46.3 Å². The Morgan fingerprint density at radius 2 is 2.29 bits per heavy atom. The zero-order valence-corrected chi connectivity index (χ0v) is 13.3. The van der Waals surface area contributed by atoms with Crippen LogP contribution >= 0.6 is 0 Å². The van der Waals surface area contributed by atoms with Crippen molar-refractivity contribution >= 4 is 10.9 Å². The van der Waals surface area contributed by atoms with Gasteiger partial charge in [0.25, 0.3) is 5.56 Å². The maximum absolute atomic E-state index is 12.2. The highest BCUT2D eigenvalue weighted by Gasteiger charge is 2.18. The van der Waals surface area contributed by atoms with Crippen molar-refractivity contribution in [3.63, 3.8) is 0 Å². The van der Waals surface area contributed by atoms with Crippen LogP contribution in [0.1, 0.15) is 11.4 Å². The minimum Gasteiger partial charge on any atom is -0.376 e. The molecule has 2 N–H and O–H groups in total. The molecule has 4 rings (SSSR count). The number of fused-ring (bicyclic) bond motifs is 1. The number of aromatic amines is 2. The van der Waals surface area contributed by atoms with Crippen LogP contribution in [-0.4, -0.2) is 45.9 Å². The van der Waals surface area contributed by atoms with E-state index in [1.165, 1.54) is 0 Å². The molecule has 1 aliphatic heterocycles. The van der Waals surface area contributed by atoms with Crippen LogP contribution in [0.5, 0.6) is 0 Å². The third kappa shape index (κ3) is 2.83. The van der Waals surface area contributed by atoms with Crippen molar-refractivity contribution in [1.82, 2.24) is 19.9 Å². The first kappa shape index (κ1) is 15.0. The summed E-state index contributed by atoms with van der Waals surface area (Å²) in [5.41, 5.74) is 3.26. The van der Waals surface area contributed by atoms with E-state index in [-0.39, 0.29) is 11.7 Å². The minimum atomic E-state index is -0.122. The van der Waals surface area contributed by atoms with Crippen molar-refractivity contribution < 1.29 is 9.47 Å². The van der Waals surface area contributed by atoms with Crippen LogP contribution in [0.3, 0.4) is 0 Å². The van der Waals surface area contributed by atoms with E-state index in [2.05, 4.69) is 19.9 Å². The van der Waals surface area contributed by atoms with E-state index in [1.807, 2.05) is 19.1 Å². The van der Waals surface area contributed by atoms with E-state index in [4.69, 9.17) is 9.47 Å². The SMILES string of the molecule is Cc1nccc(-c2cc3c(=O)[nH]cc(C[C@@H]4COCCO4)c3[nH]2)n1. The van der Waals surface area contributed by atoms with Crippen molar-refractivity contribution in [2.24, 2.45) is 0 Å².